The lowest BCUT2D eigenvalue weighted by Crippen LogP contribution is -2.26. The molecule has 0 radical (unpaired) electrons. The van der Waals surface area contributed by atoms with Crippen molar-refractivity contribution in [2.24, 2.45) is 5.73 Å². The topological polar surface area (TPSA) is 68.0 Å². The van der Waals surface area contributed by atoms with E-state index in [0.717, 1.165) is 42.7 Å². The summed E-state index contributed by atoms with van der Waals surface area (Å²) in [5.74, 6) is -0.0233. The Balaban J connectivity index is 0.00000144. The number of nitrogens with two attached hydrogens (primary N) is 1. The number of thiophene rings is 1. The van der Waals surface area contributed by atoms with Crippen LogP contribution in [0.4, 0.5) is 5.13 Å². The van der Waals surface area contributed by atoms with Gasteiger partial charge in [-0.05, 0) is 50.2 Å². The van der Waals surface area contributed by atoms with Crippen LogP contribution in [0.15, 0.2) is 6.07 Å². The Kier molecular flexibility index (Phi) is 4.54. The van der Waals surface area contributed by atoms with Gasteiger partial charge in [0.1, 0.15) is 0 Å². The number of anilines is 1. The Hall–Kier alpha value is -0.950. The van der Waals surface area contributed by atoms with E-state index in [2.05, 4.69) is 10.3 Å². The van der Waals surface area contributed by atoms with E-state index in [1.54, 1.807) is 22.7 Å². The number of rotatable bonds is 2. The second-order valence-corrected chi connectivity index (χ2v) is 7.98. The molecule has 22 heavy (non-hydrogen) atoms. The fraction of sp³-hybridized carbons (Fsp3) is 0.467. The number of carbonyl (C=O) groups excluding carboxylic acids is 1. The van der Waals surface area contributed by atoms with Crippen molar-refractivity contribution in [3.05, 3.63) is 32.0 Å². The van der Waals surface area contributed by atoms with Crippen molar-refractivity contribution in [2.45, 2.75) is 44.6 Å². The molecular formula is C15H18ClN3OS2. The molecule has 0 aliphatic heterocycles. The van der Waals surface area contributed by atoms with E-state index in [9.17, 15) is 4.79 Å². The lowest BCUT2D eigenvalue weighted by molar-refractivity contribution is 0.103. The predicted molar refractivity (Wildman–Crippen MR) is 93.7 cm³/mol. The van der Waals surface area contributed by atoms with Crippen molar-refractivity contribution in [1.29, 1.82) is 0 Å². The van der Waals surface area contributed by atoms with Gasteiger partial charge in [-0.1, -0.05) is 0 Å². The summed E-state index contributed by atoms with van der Waals surface area (Å²) >= 11 is 3.20. The molecule has 0 unspecified atom stereocenters. The van der Waals surface area contributed by atoms with Gasteiger partial charge in [0.05, 0.1) is 10.6 Å². The minimum absolute atomic E-state index is 0. The number of hydrogen-bond acceptors (Lipinski definition) is 5. The molecule has 0 spiro atoms. The zero-order valence-corrected chi connectivity index (χ0v) is 14.5. The molecule has 0 saturated carbocycles. The molecular weight excluding hydrogens is 338 g/mol. The van der Waals surface area contributed by atoms with Crippen LogP contribution in [0.25, 0.3) is 0 Å². The third kappa shape index (κ3) is 2.93. The number of halogens is 1. The lowest BCUT2D eigenvalue weighted by atomic mass is 9.99. The number of nitrogens with one attached hydrogen (secondary N) is 1. The molecule has 0 aromatic carbocycles. The van der Waals surface area contributed by atoms with Crippen LogP contribution in [0.1, 0.15) is 43.5 Å². The third-order valence-electron chi connectivity index (χ3n) is 4.17. The average molecular weight is 356 g/mol. The minimum atomic E-state index is -0.0233. The zero-order valence-electron chi connectivity index (χ0n) is 12.1. The Morgan fingerprint density at radius 1 is 1.27 bits per heavy atom. The first-order valence-corrected chi connectivity index (χ1v) is 8.99. The third-order valence-corrected chi connectivity index (χ3v) is 6.44. The van der Waals surface area contributed by atoms with Gasteiger partial charge in [-0.3, -0.25) is 10.1 Å². The van der Waals surface area contributed by atoms with Crippen molar-refractivity contribution < 1.29 is 4.79 Å². The Morgan fingerprint density at radius 3 is 2.95 bits per heavy atom. The molecule has 0 fully saturated rings. The highest BCUT2D eigenvalue weighted by Crippen LogP contribution is 2.32. The quantitative estimate of drug-likeness (QED) is 0.869. The Labute approximate surface area is 143 Å². The summed E-state index contributed by atoms with van der Waals surface area (Å²) in [5.41, 5.74) is 8.46. The standard InChI is InChI=1S/C15H17N3OS2.ClH/c16-9-4-5-10-12(7-9)21-15(17-10)18-14(19)13-6-8-2-1-3-11(8)20-13;/h6,9H,1-5,7,16H2,(H,17,18,19);1H/t9-;/m0./s1. The Morgan fingerprint density at radius 2 is 2.14 bits per heavy atom. The van der Waals surface area contributed by atoms with Gasteiger partial charge in [0.25, 0.3) is 5.91 Å². The fourth-order valence-corrected chi connectivity index (χ4v) is 5.30. The number of fused-ring (bicyclic) bond motifs is 2. The average Bonchev–Trinajstić information content (AvgIpc) is 3.09. The molecule has 2 aromatic rings. The molecule has 0 saturated heterocycles. The van der Waals surface area contributed by atoms with Crippen LogP contribution in [0.2, 0.25) is 0 Å². The maximum absolute atomic E-state index is 12.3. The van der Waals surface area contributed by atoms with Gasteiger partial charge < -0.3 is 5.73 Å². The molecule has 118 valence electrons. The van der Waals surface area contributed by atoms with Gasteiger partial charge >= 0.3 is 0 Å². The molecule has 4 rings (SSSR count). The maximum atomic E-state index is 12.3. The van der Waals surface area contributed by atoms with Crippen molar-refractivity contribution in [1.82, 2.24) is 4.98 Å². The van der Waals surface area contributed by atoms with Crippen LogP contribution >= 0.6 is 35.1 Å². The molecule has 4 nitrogen and oxygen atoms in total. The number of thiazole rings is 1. The molecule has 0 bridgehead atoms. The molecule has 1 atom stereocenters. The summed E-state index contributed by atoms with van der Waals surface area (Å²) in [6.07, 6.45) is 6.26. The predicted octanol–water partition coefficient (Wildman–Crippen LogP) is 3.18. The summed E-state index contributed by atoms with van der Waals surface area (Å²) < 4.78 is 0. The van der Waals surface area contributed by atoms with E-state index < -0.39 is 0 Å². The van der Waals surface area contributed by atoms with E-state index in [0.29, 0.717) is 5.13 Å². The number of nitrogens with zero attached hydrogens (tertiary/aromatic N) is 1. The van der Waals surface area contributed by atoms with Crippen LogP contribution in [0, 0.1) is 0 Å². The number of amides is 1. The number of hydrogen-bond donors (Lipinski definition) is 2. The SMILES string of the molecule is Cl.N[C@H]1CCc2nc(NC(=O)c3cc4c(s3)CCC4)sc2C1. The Bertz CT molecular complexity index is 688. The summed E-state index contributed by atoms with van der Waals surface area (Å²) in [6.45, 7) is 0. The first-order chi connectivity index (χ1) is 10.2. The summed E-state index contributed by atoms with van der Waals surface area (Å²) in [5, 5.41) is 3.67. The van der Waals surface area contributed by atoms with Crippen LogP contribution in [0.3, 0.4) is 0 Å². The van der Waals surface area contributed by atoms with Gasteiger partial charge in [0.15, 0.2) is 5.13 Å². The normalized spacial score (nSPS) is 19.2. The van der Waals surface area contributed by atoms with Crippen LogP contribution in [-0.2, 0) is 25.7 Å². The monoisotopic (exact) mass is 355 g/mol. The fourth-order valence-electron chi connectivity index (χ4n) is 3.05. The van der Waals surface area contributed by atoms with Gasteiger partial charge in [0.2, 0.25) is 0 Å². The van der Waals surface area contributed by atoms with Gasteiger partial charge in [-0.2, -0.15) is 0 Å². The smallest absolute Gasteiger partial charge is 0.267 e. The van der Waals surface area contributed by atoms with Crippen molar-refractivity contribution in [3.63, 3.8) is 0 Å². The number of aryl methyl sites for hydroxylation is 3. The highest BCUT2D eigenvalue weighted by atomic mass is 35.5. The van der Waals surface area contributed by atoms with Gasteiger partial charge in [0, 0.05) is 15.8 Å². The summed E-state index contributed by atoms with van der Waals surface area (Å²) in [4.78, 5) is 20.3. The van der Waals surface area contributed by atoms with Crippen molar-refractivity contribution >= 4 is 46.1 Å². The van der Waals surface area contributed by atoms with Gasteiger partial charge in [-0.15, -0.1) is 35.1 Å². The van der Waals surface area contributed by atoms with Crippen molar-refractivity contribution in [2.75, 3.05) is 5.32 Å². The molecule has 2 aliphatic carbocycles. The maximum Gasteiger partial charge on any atom is 0.267 e. The van der Waals surface area contributed by atoms with E-state index in [1.807, 2.05) is 6.07 Å². The highest BCUT2D eigenvalue weighted by Gasteiger charge is 2.22. The summed E-state index contributed by atoms with van der Waals surface area (Å²) in [6, 6.07) is 2.29. The minimum Gasteiger partial charge on any atom is -0.327 e. The molecule has 7 heteroatoms. The summed E-state index contributed by atoms with van der Waals surface area (Å²) in [7, 11) is 0. The van der Waals surface area contributed by atoms with E-state index >= 15 is 0 Å². The largest absolute Gasteiger partial charge is 0.327 e. The van der Waals surface area contributed by atoms with Gasteiger partial charge in [-0.25, -0.2) is 4.98 Å². The second kappa shape index (κ2) is 6.28. The second-order valence-electron chi connectivity index (χ2n) is 5.76. The van der Waals surface area contributed by atoms with Crippen LogP contribution in [-0.4, -0.2) is 16.9 Å². The van der Waals surface area contributed by atoms with Crippen LogP contribution < -0.4 is 11.1 Å². The number of aromatic nitrogens is 1. The first kappa shape index (κ1) is 15.9. The molecule has 2 heterocycles. The van der Waals surface area contributed by atoms with E-state index in [-0.39, 0.29) is 24.4 Å². The van der Waals surface area contributed by atoms with Crippen molar-refractivity contribution in [3.8, 4) is 0 Å². The van der Waals surface area contributed by atoms with E-state index in [1.165, 1.54) is 21.7 Å². The van der Waals surface area contributed by atoms with Crippen LogP contribution in [0.5, 0.6) is 0 Å². The highest BCUT2D eigenvalue weighted by molar-refractivity contribution is 7.16. The molecule has 2 aliphatic rings. The lowest BCUT2D eigenvalue weighted by Gasteiger charge is -2.15. The molecule has 1 amide bonds. The molecule has 3 N–H and O–H groups in total. The number of carbonyl (C=O) groups is 1. The molecule has 2 aromatic heterocycles. The van der Waals surface area contributed by atoms with E-state index in [4.69, 9.17) is 5.73 Å². The first-order valence-electron chi connectivity index (χ1n) is 7.36. The zero-order chi connectivity index (χ0) is 14.4.